The van der Waals surface area contributed by atoms with Crippen LogP contribution in [0.3, 0.4) is 0 Å². The van der Waals surface area contributed by atoms with E-state index < -0.39 is 0 Å². The molecule has 1 fully saturated rings. The quantitative estimate of drug-likeness (QED) is 0.788. The van der Waals surface area contributed by atoms with Crippen LogP contribution in [-0.2, 0) is 9.53 Å². The largest absolute Gasteiger partial charge is 0.425 e. The number of hydrogen-bond acceptors (Lipinski definition) is 3. The Morgan fingerprint density at radius 3 is 2.16 bits per heavy atom. The minimum Gasteiger partial charge on any atom is -0.425 e. The highest BCUT2D eigenvalue weighted by molar-refractivity contribution is 5.87. The number of likely N-dealkylation sites (tertiary alicyclic amines) is 1. The number of benzene rings is 2. The first kappa shape index (κ1) is 16.1. The van der Waals surface area contributed by atoms with Crippen LogP contribution in [0.15, 0.2) is 66.7 Å². The zero-order valence-electron chi connectivity index (χ0n) is 14.3. The normalized spacial score (nSPS) is 24.5. The first-order chi connectivity index (χ1) is 12.3. The molecule has 2 atom stereocenters. The van der Waals surface area contributed by atoms with Gasteiger partial charge in [0.15, 0.2) is 0 Å². The minimum atomic E-state index is -0.227. The van der Waals surface area contributed by atoms with Crippen molar-refractivity contribution in [1.29, 1.82) is 0 Å². The average Bonchev–Trinajstić information content (AvgIpc) is 2.69. The molecule has 3 nitrogen and oxygen atoms in total. The second-order valence-electron chi connectivity index (χ2n) is 6.80. The Morgan fingerprint density at radius 2 is 1.48 bits per heavy atom. The van der Waals surface area contributed by atoms with Gasteiger partial charge in [0.25, 0.3) is 0 Å². The van der Waals surface area contributed by atoms with Crippen molar-refractivity contribution in [2.75, 3.05) is 13.1 Å². The molecule has 2 aromatic rings. The highest BCUT2D eigenvalue weighted by Gasteiger charge is 2.39. The highest BCUT2D eigenvalue weighted by atomic mass is 16.5. The van der Waals surface area contributed by atoms with Crippen LogP contribution in [0.1, 0.15) is 36.3 Å². The topological polar surface area (TPSA) is 29.5 Å². The molecular formula is C22H23NO2. The number of piperidine rings is 1. The Morgan fingerprint density at radius 1 is 0.840 bits per heavy atom. The van der Waals surface area contributed by atoms with Gasteiger partial charge in [-0.05, 0) is 37.6 Å². The number of rotatable bonds is 3. The van der Waals surface area contributed by atoms with E-state index in [9.17, 15) is 4.79 Å². The molecule has 0 aromatic heterocycles. The zero-order chi connectivity index (χ0) is 17.1. The summed E-state index contributed by atoms with van der Waals surface area (Å²) in [5, 5.41) is 0. The Balaban J connectivity index is 1.74. The lowest BCUT2D eigenvalue weighted by molar-refractivity contribution is -0.145. The fourth-order valence-corrected chi connectivity index (χ4v) is 3.89. The third-order valence-electron chi connectivity index (χ3n) is 5.15. The standard InChI is InChI=1S/C22H23NO2/c24-22-21(23-14-8-3-9-15-23)19(17-10-4-1-5-11-17)16-20(25-22)18-12-6-2-7-13-18/h1-2,4-7,10-13,16,19,21H,3,8-9,14-15H2/t19-,21-/m1/s1. The summed E-state index contributed by atoms with van der Waals surface area (Å²) in [6, 6.07) is 20.0. The van der Waals surface area contributed by atoms with Crippen LogP contribution in [0.2, 0.25) is 0 Å². The fourth-order valence-electron chi connectivity index (χ4n) is 3.89. The van der Waals surface area contributed by atoms with E-state index in [2.05, 4.69) is 23.1 Å². The smallest absolute Gasteiger partial charge is 0.329 e. The summed E-state index contributed by atoms with van der Waals surface area (Å²) in [5.74, 6) is 0.570. The van der Waals surface area contributed by atoms with Crippen molar-refractivity contribution >= 4 is 11.7 Å². The molecule has 0 amide bonds. The first-order valence-corrected chi connectivity index (χ1v) is 9.11. The highest BCUT2D eigenvalue weighted by Crippen LogP contribution is 2.36. The maximum atomic E-state index is 13.0. The van der Waals surface area contributed by atoms with Gasteiger partial charge in [-0.1, -0.05) is 67.1 Å². The van der Waals surface area contributed by atoms with Crippen LogP contribution in [0.25, 0.3) is 5.76 Å². The van der Waals surface area contributed by atoms with Gasteiger partial charge in [-0.2, -0.15) is 0 Å². The van der Waals surface area contributed by atoms with Crippen molar-refractivity contribution < 1.29 is 9.53 Å². The SMILES string of the molecule is O=C1OC(c2ccccc2)=C[C@H](c2ccccc2)[C@H]1N1CCCCC1. The lowest BCUT2D eigenvalue weighted by Crippen LogP contribution is -2.49. The summed E-state index contributed by atoms with van der Waals surface area (Å²) in [6.07, 6.45) is 5.69. The second-order valence-corrected chi connectivity index (χ2v) is 6.80. The summed E-state index contributed by atoms with van der Waals surface area (Å²) < 4.78 is 5.77. The molecule has 2 aromatic carbocycles. The van der Waals surface area contributed by atoms with E-state index >= 15 is 0 Å². The van der Waals surface area contributed by atoms with E-state index in [-0.39, 0.29) is 17.9 Å². The van der Waals surface area contributed by atoms with Crippen LogP contribution in [0.5, 0.6) is 0 Å². The van der Waals surface area contributed by atoms with Crippen LogP contribution in [0, 0.1) is 0 Å². The van der Waals surface area contributed by atoms with Gasteiger partial charge in [0.1, 0.15) is 11.8 Å². The molecule has 1 saturated heterocycles. The number of nitrogens with zero attached hydrogens (tertiary/aromatic N) is 1. The Kier molecular flexibility index (Phi) is 4.66. The van der Waals surface area contributed by atoms with E-state index in [0.29, 0.717) is 5.76 Å². The van der Waals surface area contributed by atoms with Crippen molar-refractivity contribution in [3.63, 3.8) is 0 Å². The number of carbonyl (C=O) groups is 1. The molecule has 0 spiro atoms. The summed E-state index contributed by atoms with van der Waals surface area (Å²) in [7, 11) is 0. The molecule has 0 radical (unpaired) electrons. The Hall–Kier alpha value is -2.39. The molecule has 2 aliphatic rings. The summed E-state index contributed by atoms with van der Waals surface area (Å²) in [6.45, 7) is 1.94. The molecule has 0 bridgehead atoms. The Labute approximate surface area is 148 Å². The van der Waals surface area contributed by atoms with Crippen LogP contribution in [-0.4, -0.2) is 30.0 Å². The molecule has 0 aliphatic carbocycles. The number of esters is 1. The molecule has 3 heteroatoms. The molecule has 0 N–H and O–H groups in total. The van der Waals surface area contributed by atoms with E-state index in [4.69, 9.17) is 4.74 Å². The van der Waals surface area contributed by atoms with Crippen molar-refractivity contribution in [3.05, 3.63) is 77.9 Å². The van der Waals surface area contributed by atoms with Crippen molar-refractivity contribution in [1.82, 2.24) is 4.90 Å². The van der Waals surface area contributed by atoms with Gasteiger partial charge in [-0.15, -0.1) is 0 Å². The Bertz CT molecular complexity index is 748. The van der Waals surface area contributed by atoms with Crippen molar-refractivity contribution in [2.24, 2.45) is 0 Å². The predicted molar refractivity (Wildman–Crippen MR) is 98.9 cm³/mol. The third-order valence-corrected chi connectivity index (χ3v) is 5.15. The third kappa shape index (κ3) is 3.38. The summed E-state index contributed by atoms with van der Waals surface area (Å²) in [4.78, 5) is 15.3. The van der Waals surface area contributed by atoms with E-state index in [1.165, 1.54) is 12.0 Å². The lowest BCUT2D eigenvalue weighted by atomic mass is 9.86. The van der Waals surface area contributed by atoms with E-state index in [0.717, 1.165) is 31.5 Å². The molecule has 0 saturated carbocycles. The summed E-state index contributed by atoms with van der Waals surface area (Å²) in [5.41, 5.74) is 2.12. The van der Waals surface area contributed by atoms with Gasteiger partial charge in [0, 0.05) is 11.5 Å². The number of cyclic esters (lactones) is 1. The monoisotopic (exact) mass is 333 g/mol. The van der Waals surface area contributed by atoms with Gasteiger partial charge in [0.05, 0.1) is 0 Å². The number of hydrogen-bond donors (Lipinski definition) is 0. The fraction of sp³-hybridized carbons (Fsp3) is 0.318. The average molecular weight is 333 g/mol. The number of carbonyl (C=O) groups excluding carboxylic acids is 1. The molecule has 2 aliphatic heterocycles. The number of ether oxygens (including phenoxy) is 1. The van der Waals surface area contributed by atoms with Gasteiger partial charge < -0.3 is 4.74 Å². The molecule has 2 heterocycles. The minimum absolute atomic E-state index is 0.0238. The van der Waals surface area contributed by atoms with E-state index in [1.54, 1.807) is 0 Å². The van der Waals surface area contributed by atoms with Gasteiger partial charge in [0.2, 0.25) is 0 Å². The lowest BCUT2D eigenvalue weighted by Gasteiger charge is -2.39. The molecule has 25 heavy (non-hydrogen) atoms. The predicted octanol–water partition coefficient (Wildman–Crippen LogP) is 4.22. The van der Waals surface area contributed by atoms with Gasteiger partial charge in [-0.3, -0.25) is 4.90 Å². The van der Waals surface area contributed by atoms with Crippen LogP contribution < -0.4 is 0 Å². The van der Waals surface area contributed by atoms with Gasteiger partial charge in [-0.25, -0.2) is 4.79 Å². The summed E-state index contributed by atoms with van der Waals surface area (Å²) >= 11 is 0. The maximum Gasteiger partial charge on any atom is 0.329 e. The van der Waals surface area contributed by atoms with E-state index in [1.807, 2.05) is 48.5 Å². The zero-order valence-corrected chi connectivity index (χ0v) is 14.3. The first-order valence-electron chi connectivity index (χ1n) is 9.11. The van der Waals surface area contributed by atoms with Crippen LogP contribution >= 0.6 is 0 Å². The molecule has 0 unspecified atom stereocenters. The van der Waals surface area contributed by atoms with Gasteiger partial charge >= 0.3 is 5.97 Å². The molecule has 4 rings (SSSR count). The van der Waals surface area contributed by atoms with Crippen molar-refractivity contribution in [2.45, 2.75) is 31.2 Å². The second kappa shape index (κ2) is 7.24. The maximum absolute atomic E-state index is 13.0. The molecule has 128 valence electrons. The molecular weight excluding hydrogens is 310 g/mol. The van der Waals surface area contributed by atoms with Crippen LogP contribution in [0.4, 0.5) is 0 Å². The van der Waals surface area contributed by atoms with Crippen molar-refractivity contribution in [3.8, 4) is 0 Å².